The van der Waals surface area contributed by atoms with Gasteiger partial charge in [0.25, 0.3) is 5.91 Å². The normalized spacial score (nSPS) is 21.4. The molecule has 2 aliphatic rings. The smallest absolute Gasteiger partial charge is 0.253 e. The number of nitrogens with zero attached hydrogens (tertiary/aromatic N) is 1. The summed E-state index contributed by atoms with van der Waals surface area (Å²) in [4.78, 5) is 27.2. The van der Waals surface area contributed by atoms with Crippen LogP contribution in [0.25, 0.3) is 0 Å². The van der Waals surface area contributed by atoms with Gasteiger partial charge in [-0.15, -0.1) is 11.8 Å². The standard InChI is InChI=1S/C23H35N3O3S/c1-4-6-15-29-19-9-7-18(8-10-19)22(28)26-13-11-23(12-14-26)25-20(16-30-23)21(27)24-17(3)5-2/h7-10,17,20,25H,4-6,11-16H2,1-3H3,(H,24,27)/t17-,20-/m1/s1. The van der Waals surface area contributed by atoms with Crippen LogP contribution in [0.1, 0.15) is 63.2 Å². The van der Waals surface area contributed by atoms with Crippen molar-refractivity contribution in [1.82, 2.24) is 15.5 Å². The lowest BCUT2D eigenvalue weighted by atomic mass is 10.0. The number of rotatable bonds is 8. The Balaban J connectivity index is 1.49. The number of piperidine rings is 1. The minimum absolute atomic E-state index is 0.0685. The molecule has 2 N–H and O–H groups in total. The SMILES string of the molecule is CCCCOc1ccc(C(=O)N2CCC3(CC2)N[C@@H](C(=O)N[C@H](C)CC)CS3)cc1. The predicted molar refractivity (Wildman–Crippen MR) is 122 cm³/mol. The van der Waals surface area contributed by atoms with E-state index in [4.69, 9.17) is 4.74 Å². The van der Waals surface area contributed by atoms with Gasteiger partial charge >= 0.3 is 0 Å². The zero-order chi connectivity index (χ0) is 21.6. The maximum atomic E-state index is 12.9. The highest BCUT2D eigenvalue weighted by Gasteiger charge is 2.44. The molecule has 0 unspecified atom stereocenters. The van der Waals surface area contributed by atoms with Gasteiger partial charge in [0.2, 0.25) is 5.91 Å². The topological polar surface area (TPSA) is 70.7 Å². The van der Waals surface area contributed by atoms with Crippen LogP contribution in [-0.2, 0) is 4.79 Å². The number of amides is 2. The van der Waals surface area contributed by atoms with Crippen molar-refractivity contribution < 1.29 is 14.3 Å². The fourth-order valence-corrected chi connectivity index (χ4v) is 5.22. The first-order chi connectivity index (χ1) is 14.5. The van der Waals surface area contributed by atoms with Crippen LogP contribution in [0.5, 0.6) is 5.75 Å². The average molecular weight is 434 g/mol. The summed E-state index contributed by atoms with van der Waals surface area (Å²) in [6.45, 7) is 8.35. The molecule has 6 nitrogen and oxygen atoms in total. The van der Waals surface area contributed by atoms with E-state index in [9.17, 15) is 9.59 Å². The molecule has 30 heavy (non-hydrogen) atoms. The summed E-state index contributed by atoms with van der Waals surface area (Å²) in [5, 5.41) is 6.64. The molecule has 1 spiro atoms. The summed E-state index contributed by atoms with van der Waals surface area (Å²) in [7, 11) is 0. The summed E-state index contributed by atoms with van der Waals surface area (Å²) in [5.74, 6) is 1.76. The van der Waals surface area contributed by atoms with E-state index in [1.165, 1.54) is 0 Å². The van der Waals surface area contributed by atoms with E-state index in [-0.39, 0.29) is 28.8 Å². The molecular weight excluding hydrogens is 398 g/mol. The Morgan fingerprint density at radius 1 is 1.27 bits per heavy atom. The van der Waals surface area contributed by atoms with Gasteiger partial charge in [-0.05, 0) is 56.9 Å². The third kappa shape index (κ3) is 5.70. The Morgan fingerprint density at radius 2 is 1.97 bits per heavy atom. The molecule has 0 aromatic heterocycles. The number of hydrogen-bond donors (Lipinski definition) is 2. The van der Waals surface area contributed by atoms with E-state index in [2.05, 4.69) is 24.5 Å². The van der Waals surface area contributed by atoms with Crippen LogP contribution >= 0.6 is 11.8 Å². The number of nitrogens with one attached hydrogen (secondary N) is 2. The monoisotopic (exact) mass is 433 g/mol. The number of carbonyl (C=O) groups excluding carboxylic acids is 2. The van der Waals surface area contributed by atoms with Gasteiger partial charge in [0, 0.05) is 30.4 Å². The molecule has 7 heteroatoms. The molecule has 1 aromatic carbocycles. The minimum Gasteiger partial charge on any atom is -0.494 e. The van der Waals surface area contributed by atoms with Gasteiger partial charge in [-0.25, -0.2) is 0 Å². The van der Waals surface area contributed by atoms with Crippen LogP contribution in [-0.4, -0.2) is 59.1 Å². The molecule has 3 rings (SSSR count). The lowest BCUT2D eigenvalue weighted by Crippen LogP contribution is -2.55. The number of carbonyl (C=O) groups is 2. The molecule has 0 radical (unpaired) electrons. The fraction of sp³-hybridized carbons (Fsp3) is 0.652. The maximum Gasteiger partial charge on any atom is 0.253 e. The van der Waals surface area contributed by atoms with Gasteiger partial charge in [0.15, 0.2) is 0 Å². The summed E-state index contributed by atoms with van der Waals surface area (Å²) < 4.78 is 5.68. The number of ether oxygens (including phenoxy) is 1. The van der Waals surface area contributed by atoms with Gasteiger partial charge in [0.05, 0.1) is 17.5 Å². The Bertz CT molecular complexity index is 717. The molecule has 0 bridgehead atoms. The highest BCUT2D eigenvalue weighted by Crippen LogP contribution is 2.39. The van der Waals surface area contributed by atoms with Crippen molar-refractivity contribution in [3.8, 4) is 5.75 Å². The van der Waals surface area contributed by atoms with Crippen molar-refractivity contribution in [3.05, 3.63) is 29.8 Å². The van der Waals surface area contributed by atoms with Crippen molar-refractivity contribution in [3.63, 3.8) is 0 Å². The van der Waals surface area contributed by atoms with E-state index in [0.29, 0.717) is 25.3 Å². The Hall–Kier alpha value is -1.73. The molecule has 2 amide bonds. The number of unbranched alkanes of at least 4 members (excludes halogenated alkanes) is 1. The van der Waals surface area contributed by atoms with Crippen molar-refractivity contribution in [2.75, 3.05) is 25.4 Å². The summed E-state index contributed by atoms with van der Waals surface area (Å²) in [6, 6.07) is 7.51. The third-order valence-electron chi connectivity index (χ3n) is 6.01. The van der Waals surface area contributed by atoms with E-state index in [1.54, 1.807) is 0 Å². The van der Waals surface area contributed by atoms with Crippen LogP contribution in [0.15, 0.2) is 24.3 Å². The zero-order valence-corrected chi connectivity index (χ0v) is 19.2. The second-order valence-corrected chi connectivity index (χ2v) is 9.74. The van der Waals surface area contributed by atoms with Crippen LogP contribution < -0.4 is 15.4 Å². The number of thioether (sulfide) groups is 1. The number of benzene rings is 1. The van der Waals surface area contributed by atoms with E-state index < -0.39 is 0 Å². The van der Waals surface area contributed by atoms with Gasteiger partial charge < -0.3 is 15.0 Å². The van der Waals surface area contributed by atoms with Crippen molar-refractivity contribution in [2.45, 2.75) is 69.8 Å². The van der Waals surface area contributed by atoms with Gasteiger partial charge in [-0.3, -0.25) is 14.9 Å². The van der Waals surface area contributed by atoms with Gasteiger partial charge in [0.1, 0.15) is 5.75 Å². The van der Waals surface area contributed by atoms with Crippen molar-refractivity contribution >= 4 is 23.6 Å². The Kier molecular flexibility index (Phi) is 8.06. The molecule has 2 heterocycles. The lowest BCUT2D eigenvalue weighted by Gasteiger charge is -2.39. The fourth-order valence-electron chi connectivity index (χ4n) is 3.80. The summed E-state index contributed by atoms with van der Waals surface area (Å²) >= 11 is 1.83. The maximum absolute atomic E-state index is 12.9. The van der Waals surface area contributed by atoms with Crippen LogP contribution in [0, 0.1) is 0 Å². The van der Waals surface area contributed by atoms with Crippen LogP contribution in [0.4, 0.5) is 0 Å². The largest absolute Gasteiger partial charge is 0.494 e. The summed E-state index contributed by atoms with van der Waals surface area (Å²) in [6.07, 6.45) is 4.77. The number of likely N-dealkylation sites (tertiary alicyclic amines) is 1. The van der Waals surface area contributed by atoms with Crippen molar-refractivity contribution in [2.24, 2.45) is 0 Å². The van der Waals surface area contributed by atoms with Crippen molar-refractivity contribution in [1.29, 1.82) is 0 Å². The highest BCUT2D eigenvalue weighted by atomic mass is 32.2. The lowest BCUT2D eigenvalue weighted by molar-refractivity contribution is -0.123. The average Bonchev–Trinajstić information content (AvgIpc) is 3.18. The molecule has 0 aliphatic carbocycles. The first-order valence-corrected chi connectivity index (χ1v) is 12.2. The Morgan fingerprint density at radius 3 is 2.60 bits per heavy atom. The predicted octanol–water partition coefficient (Wildman–Crippen LogP) is 3.42. The molecular formula is C23H35N3O3S. The van der Waals surface area contributed by atoms with E-state index in [1.807, 2.05) is 47.9 Å². The quantitative estimate of drug-likeness (QED) is 0.615. The molecule has 2 fully saturated rings. The second-order valence-electron chi connectivity index (χ2n) is 8.34. The van der Waals surface area contributed by atoms with E-state index in [0.717, 1.165) is 43.6 Å². The molecule has 166 valence electrons. The van der Waals surface area contributed by atoms with Crippen LogP contribution in [0.3, 0.4) is 0 Å². The second kappa shape index (κ2) is 10.5. The minimum atomic E-state index is -0.147. The molecule has 2 aliphatic heterocycles. The molecule has 0 saturated carbocycles. The Labute approximate surface area is 184 Å². The van der Waals surface area contributed by atoms with Gasteiger partial charge in [-0.2, -0.15) is 0 Å². The van der Waals surface area contributed by atoms with E-state index >= 15 is 0 Å². The van der Waals surface area contributed by atoms with Crippen LogP contribution in [0.2, 0.25) is 0 Å². The third-order valence-corrected chi connectivity index (χ3v) is 7.59. The first kappa shape index (κ1) is 22.9. The van der Waals surface area contributed by atoms with Gasteiger partial charge in [-0.1, -0.05) is 20.3 Å². The molecule has 2 atom stereocenters. The first-order valence-electron chi connectivity index (χ1n) is 11.2. The number of hydrogen-bond acceptors (Lipinski definition) is 5. The molecule has 1 aromatic rings. The highest BCUT2D eigenvalue weighted by molar-refractivity contribution is 8.01. The zero-order valence-electron chi connectivity index (χ0n) is 18.4. The summed E-state index contributed by atoms with van der Waals surface area (Å²) in [5.41, 5.74) is 0.701. The molecule has 2 saturated heterocycles.